The van der Waals surface area contributed by atoms with E-state index in [4.69, 9.17) is 0 Å². The molecule has 0 N–H and O–H groups in total. The van der Waals surface area contributed by atoms with E-state index in [0.717, 1.165) is 11.2 Å². The van der Waals surface area contributed by atoms with Gasteiger partial charge in [0.1, 0.15) is 6.29 Å². The third-order valence-electron chi connectivity index (χ3n) is 2.35. The molecule has 0 aromatic heterocycles. The van der Waals surface area contributed by atoms with Gasteiger partial charge < -0.3 is 4.79 Å². The van der Waals surface area contributed by atoms with E-state index in [0.29, 0.717) is 11.3 Å². The second-order valence-corrected chi connectivity index (χ2v) is 3.34. The van der Waals surface area contributed by atoms with Crippen LogP contribution in [0.15, 0.2) is 36.4 Å². The summed E-state index contributed by atoms with van der Waals surface area (Å²) in [6.07, 6.45) is 3.38. The number of rotatable bonds is 3. The summed E-state index contributed by atoms with van der Waals surface area (Å²) in [5.74, 6) is -0.744. The minimum absolute atomic E-state index is 0.188. The van der Waals surface area contributed by atoms with Gasteiger partial charge in [0, 0.05) is 18.6 Å². The van der Waals surface area contributed by atoms with Crippen LogP contribution in [0.4, 0.5) is 5.69 Å². The van der Waals surface area contributed by atoms with Crippen LogP contribution in [0, 0.1) is 0 Å². The molecular formula is C12H9NO3. The summed E-state index contributed by atoms with van der Waals surface area (Å²) >= 11 is 0. The number of hydrogen-bond donors (Lipinski definition) is 0. The molecule has 0 radical (unpaired) electrons. The molecule has 16 heavy (non-hydrogen) atoms. The number of imide groups is 1. The van der Waals surface area contributed by atoms with Crippen molar-refractivity contribution in [2.45, 2.75) is 6.42 Å². The van der Waals surface area contributed by atoms with E-state index in [-0.39, 0.29) is 18.2 Å². The summed E-state index contributed by atoms with van der Waals surface area (Å²) in [4.78, 5) is 34.5. The van der Waals surface area contributed by atoms with Crippen molar-refractivity contribution in [1.29, 1.82) is 0 Å². The first-order chi connectivity index (χ1) is 7.74. The molecule has 4 heteroatoms. The molecule has 0 unspecified atom stereocenters. The summed E-state index contributed by atoms with van der Waals surface area (Å²) < 4.78 is 0. The zero-order chi connectivity index (χ0) is 11.5. The van der Waals surface area contributed by atoms with Crippen LogP contribution >= 0.6 is 0 Å². The normalized spacial score (nSPS) is 14.6. The monoisotopic (exact) mass is 215 g/mol. The second kappa shape index (κ2) is 4.10. The first kappa shape index (κ1) is 10.3. The van der Waals surface area contributed by atoms with Crippen LogP contribution in [-0.2, 0) is 20.8 Å². The van der Waals surface area contributed by atoms with Gasteiger partial charge in [0.05, 0.1) is 5.69 Å². The summed E-state index contributed by atoms with van der Waals surface area (Å²) in [6.45, 7) is 0. The summed E-state index contributed by atoms with van der Waals surface area (Å²) in [7, 11) is 0. The molecule has 0 atom stereocenters. The van der Waals surface area contributed by atoms with E-state index in [1.165, 1.54) is 12.2 Å². The van der Waals surface area contributed by atoms with Gasteiger partial charge in [-0.3, -0.25) is 9.59 Å². The predicted molar refractivity (Wildman–Crippen MR) is 57.8 cm³/mol. The highest BCUT2D eigenvalue weighted by molar-refractivity contribution is 6.28. The standard InChI is InChI=1S/C12H9NO3/c14-8-7-9-3-1-2-4-10(9)13-11(15)5-6-12(13)16/h1-6,8H,7H2. The first-order valence-electron chi connectivity index (χ1n) is 4.81. The Balaban J connectivity index is 2.43. The Morgan fingerprint density at radius 3 is 2.31 bits per heavy atom. The van der Waals surface area contributed by atoms with Gasteiger partial charge >= 0.3 is 0 Å². The molecule has 80 valence electrons. The maximum absolute atomic E-state index is 11.5. The van der Waals surface area contributed by atoms with Gasteiger partial charge in [-0.05, 0) is 11.6 Å². The molecule has 1 aliphatic rings. The van der Waals surface area contributed by atoms with Crippen LogP contribution in [0.5, 0.6) is 0 Å². The van der Waals surface area contributed by atoms with Gasteiger partial charge in [0.2, 0.25) is 0 Å². The number of benzene rings is 1. The zero-order valence-electron chi connectivity index (χ0n) is 8.42. The highest BCUT2D eigenvalue weighted by Crippen LogP contribution is 2.23. The van der Waals surface area contributed by atoms with Gasteiger partial charge in [-0.25, -0.2) is 4.90 Å². The highest BCUT2D eigenvalue weighted by atomic mass is 16.2. The molecular weight excluding hydrogens is 206 g/mol. The number of hydrogen-bond acceptors (Lipinski definition) is 3. The lowest BCUT2D eigenvalue weighted by molar-refractivity contribution is -0.120. The molecule has 1 aliphatic heterocycles. The summed E-state index contributed by atoms with van der Waals surface area (Å²) in [5.41, 5.74) is 1.15. The Hall–Kier alpha value is -2.23. The summed E-state index contributed by atoms with van der Waals surface area (Å²) in [5, 5.41) is 0. The molecule has 1 aromatic rings. The van der Waals surface area contributed by atoms with Crippen molar-refractivity contribution < 1.29 is 14.4 Å². The molecule has 0 fully saturated rings. The summed E-state index contributed by atoms with van der Waals surface area (Å²) in [6, 6.07) is 6.87. The van der Waals surface area contributed by atoms with Crippen LogP contribution in [0.1, 0.15) is 5.56 Å². The smallest absolute Gasteiger partial charge is 0.258 e. The lowest BCUT2D eigenvalue weighted by atomic mass is 10.1. The van der Waals surface area contributed by atoms with E-state index in [9.17, 15) is 14.4 Å². The molecule has 0 bridgehead atoms. The van der Waals surface area contributed by atoms with Gasteiger partial charge in [0.25, 0.3) is 11.8 Å². The van der Waals surface area contributed by atoms with Gasteiger partial charge in [-0.2, -0.15) is 0 Å². The van der Waals surface area contributed by atoms with Crippen molar-refractivity contribution in [2.24, 2.45) is 0 Å². The average Bonchev–Trinajstić information content (AvgIpc) is 2.60. The van der Waals surface area contributed by atoms with Crippen LogP contribution in [0.3, 0.4) is 0 Å². The Bertz CT molecular complexity index is 473. The number of nitrogens with zero attached hydrogens (tertiary/aromatic N) is 1. The lowest BCUT2D eigenvalue weighted by Gasteiger charge is -2.16. The number of para-hydroxylation sites is 1. The van der Waals surface area contributed by atoms with Crippen LogP contribution in [0.2, 0.25) is 0 Å². The van der Waals surface area contributed by atoms with E-state index in [1.807, 2.05) is 0 Å². The lowest BCUT2D eigenvalue weighted by Crippen LogP contribution is -2.30. The molecule has 1 aromatic carbocycles. The fraction of sp³-hybridized carbons (Fsp3) is 0.0833. The predicted octanol–water partition coefficient (Wildman–Crippen LogP) is 0.857. The van der Waals surface area contributed by atoms with E-state index >= 15 is 0 Å². The van der Waals surface area contributed by atoms with Crippen LogP contribution in [0.25, 0.3) is 0 Å². The topological polar surface area (TPSA) is 54.5 Å². The van der Waals surface area contributed by atoms with E-state index < -0.39 is 0 Å². The largest absolute Gasteiger partial charge is 0.303 e. The molecule has 0 spiro atoms. The molecule has 0 saturated heterocycles. The number of carbonyl (C=O) groups excluding carboxylic acids is 3. The van der Waals surface area contributed by atoms with Gasteiger partial charge in [-0.15, -0.1) is 0 Å². The zero-order valence-corrected chi connectivity index (χ0v) is 8.42. The fourth-order valence-electron chi connectivity index (χ4n) is 1.63. The molecule has 4 nitrogen and oxygen atoms in total. The SMILES string of the molecule is O=CCc1ccccc1N1C(=O)C=CC1=O. The minimum atomic E-state index is -0.372. The number of amides is 2. The Morgan fingerprint density at radius 1 is 1.06 bits per heavy atom. The molecule has 1 heterocycles. The van der Waals surface area contributed by atoms with Crippen LogP contribution < -0.4 is 4.90 Å². The maximum Gasteiger partial charge on any atom is 0.258 e. The molecule has 0 aliphatic carbocycles. The average molecular weight is 215 g/mol. The Labute approximate surface area is 92.2 Å². The van der Waals surface area contributed by atoms with Gasteiger partial charge in [0.15, 0.2) is 0 Å². The van der Waals surface area contributed by atoms with E-state index in [1.54, 1.807) is 24.3 Å². The maximum atomic E-state index is 11.5. The minimum Gasteiger partial charge on any atom is -0.303 e. The third kappa shape index (κ3) is 1.65. The van der Waals surface area contributed by atoms with Crippen LogP contribution in [-0.4, -0.2) is 18.1 Å². The van der Waals surface area contributed by atoms with Crippen molar-refractivity contribution in [3.63, 3.8) is 0 Å². The van der Waals surface area contributed by atoms with Crippen molar-refractivity contribution in [3.8, 4) is 0 Å². The second-order valence-electron chi connectivity index (χ2n) is 3.34. The number of anilines is 1. The van der Waals surface area contributed by atoms with Crippen molar-refractivity contribution in [1.82, 2.24) is 0 Å². The third-order valence-corrected chi connectivity index (χ3v) is 2.35. The molecule has 0 saturated carbocycles. The first-order valence-corrected chi connectivity index (χ1v) is 4.81. The Kier molecular flexibility index (Phi) is 2.64. The van der Waals surface area contributed by atoms with Crippen molar-refractivity contribution >= 4 is 23.8 Å². The Morgan fingerprint density at radius 2 is 1.69 bits per heavy atom. The number of aldehydes is 1. The number of carbonyl (C=O) groups is 3. The molecule has 2 amide bonds. The fourth-order valence-corrected chi connectivity index (χ4v) is 1.63. The van der Waals surface area contributed by atoms with Crippen molar-refractivity contribution in [3.05, 3.63) is 42.0 Å². The molecule has 2 rings (SSSR count). The quantitative estimate of drug-likeness (QED) is 0.555. The van der Waals surface area contributed by atoms with E-state index in [2.05, 4.69) is 0 Å². The van der Waals surface area contributed by atoms with Gasteiger partial charge in [-0.1, -0.05) is 18.2 Å². The van der Waals surface area contributed by atoms with Crippen molar-refractivity contribution in [2.75, 3.05) is 4.90 Å². The highest BCUT2D eigenvalue weighted by Gasteiger charge is 2.26.